The summed E-state index contributed by atoms with van der Waals surface area (Å²) >= 11 is 0. The second kappa shape index (κ2) is 8.13. The number of nitriles is 1. The first-order valence-corrected chi connectivity index (χ1v) is 11.1. The van der Waals surface area contributed by atoms with Crippen LogP contribution in [-0.2, 0) is 10.2 Å². The fourth-order valence-corrected chi connectivity index (χ4v) is 5.06. The van der Waals surface area contributed by atoms with Crippen molar-refractivity contribution in [1.29, 1.82) is 10.7 Å². The molecule has 1 N–H and O–H groups in total. The Balaban J connectivity index is 1.87. The third kappa shape index (κ3) is 2.91. The SMILES string of the molecule is C=CCN1C(=O)C2(C(=N)C(C#N)=C(c3ccc(C)cc3)/C2=C\c2ccccc2)c2ccccc21. The van der Waals surface area contributed by atoms with E-state index in [2.05, 4.69) is 12.6 Å². The van der Waals surface area contributed by atoms with E-state index in [4.69, 9.17) is 0 Å². The van der Waals surface area contributed by atoms with E-state index >= 15 is 0 Å². The van der Waals surface area contributed by atoms with Crippen molar-refractivity contribution in [2.45, 2.75) is 12.3 Å². The van der Waals surface area contributed by atoms with Crippen LogP contribution in [0.3, 0.4) is 0 Å². The molecule has 3 aromatic carbocycles. The van der Waals surface area contributed by atoms with Gasteiger partial charge in [-0.1, -0.05) is 84.4 Å². The molecule has 1 amide bonds. The van der Waals surface area contributed by atoms with Crippen molar-refractivity contribution in [3.63, 3.8) is 0 Å². The molecule has 0 fully saturated rings. The lowest BCUT2D eigenvalue weighted by atomic mass is 9.72. The average Bonchev–Trinajstić information content (AvgIpc) is 3.25. The van der Waals surface area contributed by atoms with Crippen LogP contribution in [0, 0.1) is 23.7 Å². The first kappa shape index (κ1) is 21.4. The average molecular weight is 442 g/mol. The van der Waals surface area contributed by atoms with Gasteiger partial charge in [0.25, 0.3) is 0 Å². The molecule has 0 saturated carbocycles. The Morgan fingerprint density at radius 3 is 2.38 bits per heavy atom. The minimum atomic E-state index is -1.39. The predicted octanol–water partition coefficient (Wildman–Crippen LogP) is 5.86. The van der Waals surface area contributed by atoms with E-state index in [1.165, 1.54) is 0 Å². The van der Waals surface area contributed by atoms with Gasteiger partial charge in [-0.3, -0.25) is 4.79 Å². The number of fused-ring (bicyclic) bond motifs is 2. The third-order valence-electron chi connectivity index (χ3n) is 6.59. The van der Waals surface area contributed by atoms with Gasteiger partial charge < -0.3 is 10.3 Å². The Morgan fingerprint density at radius 1 is 1.03 bits per heavy atom. The van der Waals surface area contributed by atoms with E-state index < -0.39 is 5.41 Å². The number of benzene rings is 3. The molecule has 0 radical (unpaired) electrons. The Morgan fingerprint density at radius 2 is 1.71 bits per heavy atom. The molecule has 164 valence electrons. The lowest BCUT2D eigenvalue weighted by Crippen LogP contribution is -2.45. The number of nitrogens with one attached hydrogen (secondary N) is 1. The maximum Gasteiger partial charge on any atom is 0.248 e. The molecule has 1 heterocycles. The van der Waals surface area contributed by atoms with E-state index in [0.29, 0.717) is 17.7 Å². The Hall–Kier alpha value is -4.49. The minimum Gasteiger partial charge on any atom is -0.307 e. The van der Waals surface area contributed by atoms with Gasteiger partial charge in [-0.2, -0.15) is 5.26 Å². The monoisotopic (exact) mass is 441 g/mol. The lowest BCUT2D eigenvalue weighted by molar-refractivity contribution is -0.119. The molecule has 0 saturated heterocycles. The normalized spacial score (nSPS) is 20.2. The van der Waals surface area contributed by atoms with Gasteiger partial charge in [0, 0.05) is 23.4 Å². The fourth-order valence-electron chi connectivity index (χ4n) is 5.06. The molecule has 34 heavy (non-hydrogen) atoms. The van der Waals surface area contributed by atoms with E-state index in [9.17, 15) is 15.5 Å². The van der Waals surface area contributed by atoms with Gasteiger partial charge >= 0.3 is 0 Å². The quantitative estimate of drug-likeness (QED) is 0.515. The highest BCUT2D eigenvalue weighted by molar-refractivity contribution is 6.39. The van der Waals surface area contributed by atoms with Crippen LogP contribution >= 0.6 is 0 Å². The van der Waals surface area contributed by atoms with Gasteiger partial charge in [0.05, 0.1) is 11.3 Å². The third-order valence-corrected chi connectivity index (χ3v) is 6.59. The highest BCUT2D eigenvalue weighted by atomic mass is 16.2. The van der Waals surface area contributed by atoms with E-state index in [0.717, 1.165) is 27.9 Å². The topological polar surface area (TPSA) is 68.0 Å². The maximum absolute atomic E-state index is 14.2. The number of hydrogen-bond acceptors (Lipinski definition) is 3. The van der Waals surface area contributed by atoms with Crippen LogP contribution in [0.15, 0.2) is 103 Å². The lowest BCUT2D eigenvalue weighted by Gasteiger charge is -2.27. The number of para-hydroxylation sites is 1. The molecule has 0 aromatic heterocycles. The van der Waals surface area contributed by atoms with Crippen molar-refractivity contribution >= 4 is 29.0 Å². The number of aryl methyl sites for hydroxylation is 1. The molecule has 5 rings (SSSR count). The summed E-state index contributed by atoms with van der Waals surface area (Å²) in [6, 6.07) is 27.5. The first-order valence-electron chi connectivity index (χ1n) is 11.1. The number of carbonyl (C=O) groups is 1. The number of nitrogens with zero attached hydrogens (tertiary/aromatic N) is 2. The number of hydrogen-bond donors (Lipinski definition) is 1. The van der Waals surface area contributed by atoms with Crippen molar-refractivity contribution in [1.82, 2.24) is 0 Å². The Bertz CT molecular complexity index is 1440. The number of allylic oxidation sites excluding steroid dienone is 2. The second-order valence-electron chi connectivity index (χ2n) is 8.54. The van der Waals surface area contributed by atoms with Crippen LogP contribution in [0.25, 0.3) is 11.6 Å². The van der Waals surface area contributed by atoms with Gasteiger partial charge in [0.2, 0.25) is 5.91 Å². The van der Waals surface area contributed by atoms with E-state index in [-0.39, 0.29) is 17.2 Å². The largest absolute Gasteiger partial charge is 0.307 e. The molecule has 1 unspecified atom stereocenters. The summed E-state index contributed by atoms with van der Waals surface area (Å²) in [5, 5.41) is 19.5. The zero-order valence-electron chi connectivity index (χ0n) is 18.9. The molecule has 3 aromatic rings. The number of rotatable bonds is 4. The summed E-state index contributed by atoms with van der Waals surface area (Å²) in [4.78, 5) is 15.9. The van der Waals surface area contributed by atoms with E-state index in [1.807, 2.05) is 91.9 Å². The highest BCUT2D eigenvalue weighted by Crippen LogP contribution is 2.57. The summed E-state index contributed by atoms with van der Waals surface area (Å²) in [5.41, 5.74) is 4.46. The first-order chi connectivity index (χ1) is 16.5. The molecule has 1 aliphatic heterocycles. The van der Waals surface area contributed by atoms with Gasteiger partial charge in [-0.25, -0.2) is 0 Å². The summed E-state index contributed by atoms with van der Waals surface area (Å²) in [7, 11) is 0. The molecule has 0 bridgehead atoms. The zero-order chi connectivity index (χ0) is 23.9. The molecule has 1 spiro atoms. The summed E-state index contributed by atoms with van der Waals surface area (Å²) in [5.74, 6) is -0.226. The van der Waals surface area contributed by atoms with Crippen LogP contribution < -0.4 is 4.90 Å². The molecule has 1 aliphatic carbocycles. The van der Waals surface area contributed by atoms with Crippen molar-refractivity contribution in [2.75, 3.05) is 11.4 Å². The van der Waals surface area contributed by atoms with Crippen molar-refractivity contribution in [3.05, 3.63) is 125 Å². The van der Waals surface area contributed by atoms with Crippen LogP contribution in [0.2, 0.25) is 0 Å². The molecular formula is C30H23N3O. The van der Waals surface area contributed by atoms with Crippen LogP contribution in [-0.4, -0.2) is 18.2 Å². The summed E-state index contributed by atoms with van der Waals surface area (Å²) in [6.07, 6.45) is 3.65. The molecular weight excluding hydrogens is 418 g/mol. The zero-order valence-corrected chi connectivity index (χ0v) is 18.9. The fraction of sp³-hybridized carbons (Fsp3) is 0.100. The van der Waals surface area contributed by atoms with Crippen molar-refractivity contribution in [2.24, 2.45) is 0 Å². The number of anilines is 1. The number of amides is 1. The summed E-state index contributed by atoms with van der Waals surface area (Å²) < 4.78 is 0. The smallest absolute Gasteiger partial charge is 0.248 e. The Labute approximate surface area is 199 Å². The number of carbonyl (C=O) groups excluding carboxylic acids is 1. The van der Waals surface area contributed by atoms with Gasteiger partial charge in [-0.15, -0.1) is 6.58 Å². The van der Waals surface area contributed by atoms with Crippen LogP contribution in [0.5, 0.6) is 0 Å². The van der Waals surface area contributed by atoms with Crippen LogP contribution in [0.1, 0.15) is 22.3 Å². The minimum absolute atomic E-state index is 0.0248. The summed E-state index contributed by atoms with van der Waals surface area (Å²) in [6.45, 7) is 6.16. The van der Waals surface area contributed by atoms with Gasteiger partial charge in [-0.05, 0) is 35.8 Å². The van der Waals surface area contributed by atoms with Crippen molar-refractivity contribution < 1.29 is 4.79 Å². The predicted molar refractivity (Wildman–Crippen MR) is 137 cm³/mol. The molecule has 4 nitrogen and oxygen atoms in total. The Kier molecular flexibility index (Phi) is 5.11. The molecule has 1 atom stereocenters. The van der Waals surface area contributed by atoms with Crippen LogP contribution in [0.4, 0.5) is 5.69 Å². The standard InChI is InChI=1S/C30H23N3O/c1-3-17-33-26-12-8-7-11-24(26)30(29(33)34)25(18-21-9-5-4-6-10-21)27(23(19-31)28(30)32)22-15-13-20(2)14-16-22/h3-16,18,32H,1,17H2,2H3/b25-18+,32-28?. The van der Waals surface area contributed by atoms with Gasteiger partial charge in [0.15, 0.2) is 0 Å². The van der Waals surface area contributed by atoms with E-state index in [1.54, 1.807) is 11.0 Å². The van der Waals surface area contributed by atoms with Crippen molar-refractivity contribution in [3.8, 4) is 6.07 Å². The second-order valence-corrected chi connectivity index (χ2v) is 8.54. The molecule has 2 aliphatic rings. The maximum atomic E-state index is 14.2. The van der Waals surface area contributed by atoms with Gasteiger partial charge in [0.1, 0.15) is 11.5 Å². The molecule has 4 heteroatoms. The highest BCUT2D eigenvalue weighted by Gasteiger charge is 2.61.